The van der Waals surface area contributed by atoms with E-state index >= 15 is 0 Å². The summed E-state index contributed by atoms with van der Waals surface area (Å²) in [5, 5.41) is 1.06. The monoisotopic (exact) mass is 275 g/mol. The molecule has 0 amide bonds. The number of benzene rings is 2. The molecule has 1 aromatic heterocycles. The van der Waals surface area contributed by atoms with Crippen molar-refractivity contribution < 1.29 is 4.79 Å². The summed E-state index contributed by atoms with van der Waals surface area (Å²) in [6.07, 6.45) is 0.407. The Morgan fingerprint density at radius 1 is 0.905 bits per heavy atom. The summed E-state index contributed by atoms with van der Waals surface area (Å²) < 4.78 is 0. The van der Waals surface area contributed by atoms with Gasteiger partial charge < -0.3 is 0 Å². The third-order valence-electron chi connectivity index (χ3n) is 3.87. The van der Waals surface area contributed by atoms with Gasteiger partial charge in [-0.05, 0) is 42.7 Å². The average molecular weight is 275 g/mol. The minimum absolute atomic E-state index is 0.0677. The number of Topliss-reactive ketones (excluding diaryl/α,β-unsaturated/α-hetero) is 1. The molecule has 2 aromatic carbocycles. The Hall–Kier alpha value is -2.48. The standard InChI is InChI=1S/C19H17NO/c1-13-6-5-7-14(2)16(13)12-19(21)18-11-10-15-8-3-4-9-17(15)20-18/h3-11H,12H2,1-2H3. The summed E-state index contributed by atoms with van der Waals surface area (Å²) >= 11 is 0. The molecule has 2 heteroatoms. The SMILES string of the molecule is Cc1cccc(C)c1CC(=O)c1ccc2ccccc2n1. The Morgan fingerprint density at radius 3 is 2.38 bits per heavy atom. The largest absolute Gasteiger partial charge is 0.292 e. The number of carbonyl (C=O) groups is 1. The number of pyridine rings is 1. The molecule has 0 saturated heterocycles. The normalized spacial score (nSPS) is 10.8. The number of hydrogen-bond donors (Lipinski definition) is 0. The molecule has 21 heavy (non-hydrogen) atoms. The number of ketones is 1. The lowest BCUT2D eigenvalue weighted by atomic mass is 9.97. The van der Waals surface area contributed by atoms with Crippen LogP contribution in [0, 0.1) is 13.8 Å². The van der Waals surface area contributed by atoms with E-state index in [9.17, 15) is 4.79 Å². The molecule has 0 atom stereocenters. The maximum Gasteiger partial charge on any atom is 0.185 e. The lowest BCUT2D eigenvalue weighted by Gasteiger charge is -2.09. The maximum atomic E-state index is 12.5. The van der Waals surface area contributed by atoms with Crippen LogP contribution in [-0.2, 0) is 6.42 Å². The van der Waals surface area contributed by atoms with Crippen molar-refractivity contribution in [2.45, 2.75) is 20.3 Å². The first-order valence-corrected chi connectivity index (χ1v) is 7.09. The van der Waals surface area contributed by atoms with Gasteiger partial charge in [-0.25, -0.2) is 4.98 Å². The number of hydrogen-bond acceptors (Lipinski definition) is 2. The number of para-hydroxylation sites is 1. The van der Waals surface area contributed by atoms with Crippen molar-refractivity contribution in [1.82, 2.24) is 4.98 Å². The van der Waals surface area contributed by atoms with E-state index in [1.807, 2.05) is 68.4 Å². The summed E-state index contributed by atoms with van der Waals surface area (Å²) in [7, 11) is 0. The minimum atomic E-state index is 0.0677. The molecule has 0 spiro atoms. The minimum Gasteiger partial charge on any atom is -0.292 e. The summed E-state index contributed by atoms with van der Waals surface area (Å²) in [4.78, 5) is 17.0. The molecule has 104 valence electrons. The number of aromatic nitrogens is 1. The summed E-state index contributed by atoms with van der Waals surface area (Å²) in [5.74, 6) is 0.0677. The van der Waals surface area contributed by atoms with Crippen molar-refractivity contribution in [3.63, 3.8) is 0 Å². The van der Waals surface area contributed by atoms with Crippen LogP contribution in [0.4, 0.5) is 0 Å². The average Bonchev–Trinajstić information content (AvgIpc) is 2.50. The fourth-order valence-corrected chi connectivity index (χ4v) is 2.60. The Bertz CT molecular complexity index is 800. The van der Waals surface area contributed by atoms with E-state index < -0.39 is 0 Å². The number of fused-ring (bicyclic) bond motifs is 1. The number of nitrogens with zero attached hydrogens (tertiary/aromatic N) is 1. The van der Waals surface area contributed by atoms with E-state index in [1.165, 1.54) is 0 Å². The Kier molecular flexibility index (Phi) is 3.53. The quantitative estimate of drug-likeness (QED) is 0.668. The third kappa shape index (κ3) is 2.70. The fourth-order valence-electron chi connectivity index (χ4n) is 2.60. The third-order valence-corrected chi connectivity index (χ3v) is 3.87. The highest BCUT2D eigenvalue weighted by Gasteiger charge is 2.12. The van der Waals surface area contributed by atoms with E-state index in [0.29, 0.717) is 12.1 Å². The molecular weight excluding hydrogens is 258 g/mol. The predicted octanol–water partition coefficient (Wildman–Crippen LogP) is 4.28. The second kappa shape index (κ2) is 5.49. The van der Waals surface area contributed by atoms with Crippen LogP contribution in [0.1, 0.15) is 27.2 Å². The Morgan fingerprint density at radius 2 is 1.62 bits per heavy atom. The fraction of sp³-hybridized carbons (Fsp3) is 0.158. The van der Waals surface area contributed by atoms with Crippen molar-refractivity contribution in [3.8, 4) is 0 Å². The van der Waals surface area contributed by atoms with Gasteiger partial charge in [-0.15, -0.1) is 0 Å². The molecule has 0 aliphatic rings. The first-order valence-electron chi connectivity index (χ1n) is 7.09. The van der Waals surface area contributed by atoms with Crippen LogP contribution in [0.5, 0.6) is 0 Å². The molecule has 0 N–H and O–H groups in total. The van der Waals surface area contributed by atoms with Gasteiger partial charge in [0, 0.05) is 11.8 Å². The molecular formula is C19H17NO. The molecule has 1 heterocycles. The first kappa shape index (κ1) is 13.5. The van der Waals surface area contributed by atoms with Crippen LogP contribution in [0.2, 0.25) is 0 Å². The van der Waals surface area contributed by atoms with E-state index in [1.54, 1.807) is 0 Å². The van der Waals surface area contributed by atoms with Gasteiger partial charge in [0.2, 0.25) is 0 Å². The Balaban J connectivity index is 1.94. The van der Waals surface area contributed by atoms with Crippen LogP contribution in [0.3, 0.4) is 0 Å². The second-order valence-corrected chi connectivity index (χ2v) is 5.36. The predicted molar refractivity (Wildman–Crippen MR) is 85.7 cm³/mol. The first-order chi connectivity index (χ1) is 10.1. The topological polar surface area (TPSA) is 30.0 Å². The van der Waals surface area contributed by atoms with Gasteiger partial charge >= 0.3 is 0 Å². The zero-order chi connectivity index (χ0) is 14.8. The van der Waals surface area contributed by atoms with Crippen molar-refractivity contribution in [3.05, 3.63) is 77.0 Å². The van der Waals surface area contributed by atoms with Gasteiger partial charge in [-0.1, -0.05) is 42.5 Å². The van der Waals surface area contributed by atoms with E-state index in [0.717, 1.165) is 27.6 Å². The lowest BCUT2D eigenvalue weighted by Crippen LogP contribution is -2.08. The molecule has 0 aliphatic heterocycles. The van der Waals surface area contributed by atoms with Crippen molar-refractivity contribution >= 4 is 16.7 Å². The number of rotatable bonds is 3. The molecule has 2 nitrogen and oxygen atoms in total. The lowest BCUT2D eigenvalue weighted by molar-refractivity contribution is 0.0988. The van der Waals surface area contributed by atoms with E-state index in [-0.39, 0.29) is 5.78 Å². The summed E-state index contributed by atoms with van der Waals surface area (Å²) in [5.41, 5.74) is 4.83. The van der Waals surface area contributed by atoms with Crippen molar-refractivity contribution in [2.75, 3.05) is 0 Å². The van der Waals surface area contributed by atoms with Gasteiger partial charge in [0.1, 0.15) is 5.69 Å². The van der Waals surface area contributed by atoms with Crippen LogP contribution < -0.4 is 0 Å². The van der Waals surface area contributed by atoms with Gasteiger partial charge in [0.15, 0.2) is 5.78 Å². The molecule has 0 radical (unpaired) electrons. The second-order valence-electron chi connectivity index (χ2n) is 5.36. The van der Waals surface area contributed by atoms with E-state index in [2.05, 4.69) is 4.98 Å². The highest BCUT2D eigenvalue weighted by Crippen LogP contribution is 2.17. The van der Waals surface area contributed by atoms with Gasteiger partial charge in [0.25, 0.3) is 0 Å². The van der Waals surface area contributed by atoms with Crippen LogP contribution in [-0.4, -0.2) is 10.8 Å². The number of aryl methyl sites for hydroxylation is 2. The zero-order valence-corrected chi connectivity index (χ0v) is 12.3. The summed E-state index contributed by atoms with van der Waals surface area (Å²) in [6, 6.07) is 17.7. The Labute approximate surface area is 124 Å². The molecule has 0 saturated carbocycles. The highest BCUT2D eigenvalue weighted by molar-refractivity contribution is 5.98. The van der Waals surface area contributed by atoms with Gasteiger partial charge in [-0.3, -0.25) is 4.79 Å². The summed E-state index contributed by atoms with van der Waals surface area (Å²) in [6.45, 7) is 4.09. The molecule has 0 bridgehead atoms. The zero-order valence-electron chi connectivity index (χ0n) is 12.3. The number of carbonyl (C=O) groups excluding carboxylic acids is 1. The molecule has 0 unspecified atom stereocenters. The highest BCUT2D eigenvalue weighted by atomic mass is 16.1. The van der Waals surface area contributed by atoms with Crippen LogP contribution in [0.25, 0.3) is 10.9 Å². The maximum absolute atomic E-state index is 12.5. The van der Waals surface area contributed by atoms with Crippen molar-refractivity contribution in [1.29, 1.82) is 0 Å². The molecule has 3 rings (SSSR count). The smallest absolute Gasteiger partial charge is 0.185 e. The van der Waals surface area contributed by atoms with Crippen LogP contribution in [0.15, 0.2) is 54.6 Å². The molecule has 0 aliphatic carbocycles. The van der Waals surface area contributed by atoms with Gasteiger partial charge in [-0.2, -0.15) is 0 Å². The van der Waals surface area contributed by atoms with Crippen molar-refractivity contribution in [2.24, 2.45) is 0 Å². The van der Waals surface area contributed by atoms with Gasteiger partial charge in [0.05, 0.1) is 5.52 Å². The van der Waals surface area contributed by atoms with E-state index in [4.69, 9.17) is 0 Å². The molecule has 0 fully saturated rings. The van der Waals surface area contributed by atoms with Crippen LogP contribution >= 0.6 is 0 Å². The molecule has 3 aromatic rings.